The summed E-state index contributed by atoms with van der Waals surface area (Å²) in [6, 6.07) is 3.35. The fourth-order valence-electron chi connectivity index (χ4n) is 0.619. The second kappa shape index (κ2) is 4.35. The SMILES string of the molecule is FC(F)COc1ncccc1Br. The van der Waals surface area contributed by atoms with Crippen LogP contribution in [0.4, 0.5) is 8.78 Å². The highest BCUT2D eigenvalue weighted by Gasteiger charge is 2.06. The summed E-state index contributed by atoms with van der Waals surface area (Å²) < 4.78 is 28.6. The van der Waals surface area contributed by atoms with Gasteiger partial charge in [0.15, 0.2) is 6.61 Å². The first-order chi connectivity index (χ1) is 5.70. The minimum Gasteiger partial charge on any atom is -0.471 e. The van der Waals surface area contributed by atoms with Gasteiger partial charge in [-0.3, -0.25) is 0 Å². The van der Waals surface area contributed by atoms with E-state index in [1.807, 2.05) is 0 Å². The maximum absolute atomic E-state index is 11.7. The van der Waals surface area contributed by atoms with E-state index in [-0.39, 0.29) is 5.88 Å². The molecule has 0 aromatic carbocycles. The quantitative estimate of drug-likeness (QED) is 0.806. The molecule has 1 aromatic heterocycles. The molecule has 0 N–H and O–H groups in total. The van der Waals surface area contributed by atoms with Crippen molar-refractivity contribution in [3.05, 3.63) is 22.8 Å². The largest absolute Gasteiger partial charge is 0.471 e. The molecule has 0 spiro atoms. The van der Waals surface area contributed by atoms with Crippen molar-refractivity contribution >= 4 is 15.9 Å². The van der Waals surface area contributed by atoms with E-state index in [0.29, 0.717) is 4.47 Å². The molecule has 0 aliphatic carbocycles. The highest BCUT2D eigenvalue weighted by molar-refractivity contribution is 9.10. The van der Waals surface area contributed by atoms with Crippen LogP contribution in [0.25, 0.3) is 0 Å². The van der Waals surface area contributed by atoms with Crippen LogP contribution in [0, 0.1) is 0 Å². The Balaban J connectivity index is 2.57. The number of halogens is 3. The van der Waals surface area contributed by atoms with Crippen molar-refractivity contribution in [1.29, 1.82) is 0 Å². The van der Waals surface area contributed by atoms with E-state index in [0.717, 1.165) is 0 Å². The molecule has 2 nitrogen and oxygen atoms in total. The fourth-order valence-corrected chi connectivity index (χ4v) is 0.989. The molecule has 0 saturated carbocycles. The molecule has 5 heteroatoms. The summed E-state index contributed by atoms with van der Waals surface area (Å²) in [6.07, 6.45) is -0.995. The van der Waals surface area contributed by atoms with Crippen LogP contribution >= 0.6 is 15.9 Å². The predicted octanol–water partition coefficient (Wildman–Crippen LogP) is 2.49. The van der Waals surface area contributed by atoms with E-state index >= 15 is 0 Å². The van der Waals surface area contributed by atoms with Gasteiger partial charge in [-0.05, 0) is 28.1 Å². The lowest BCUT2D eigenvalue weighted by Crippen LogP contribution is -2.08. The molecule has 0 aliphatic rings. The van der Waals surface area contributed by atoms with Gasteiger partial charge in [0.25, 0.3) is 6.43 Å². The number of alkyl halides is 2. The van der Waals surface area contributed by atoms with Crippen LogP contribution < -0.4 is 4.74 Å². The zero-order chi connectivity index (χ0) is 8.97. The highest BCUT2D eigenvalue weighted by atomic mass is 79.9. The molecule has 0 amide bonds. The zero-order valence-corrected chi connectivity index (χ0v) is 7.59. The van der Waals surface area contributed by atoms with Crippen LogP contribution in [0.2, 0.25) is 0 Å². The van der Waals surface area contributed by atoms with E-state index in [1.165, 1.54) is 6.20 Å². The minimum absolute atomic E-state index is 0.192. The fraction of sp³-hybridized carbons (Fsp3) is 0.286. The van der Waals surface area contributed by atoms with Gasteiger partial charge in [0.2, 0.25) is 5.88 Å². The Morgan fingerprint density at radius 3 is 2.92 bits per heavy atom. The van der Waals surface area contributed by atoms with Gasteiger partial charge < -0.3 is 4.74 Å². The molecular weight excluding hydrogens is 232 g/mol. The average Bonchev–Trinajstić information content (AvgIpc) is 2.03. The lowest BCUT2D eigenvalue weighted by atomic mass is 10.5. The maximum Gasteiger partial charge on any atom is 0.272 e. The Bertz CT molecular complexity index is 257. The Hall–Kier alpha value is -0.710. The van der Waals surface area contributed by atoms with Crippen molar-refractivity contribution in [3.63, 3.8) is 0 Å². The van der Waals surface area contributed by atoms with Crippen molar-refractivity contribution in [2.24, 2.45) is 0 Å². The van der Waals surface area contributed by atoms with Crippen molar-refractivity contribution in [1.82, 2.24) is 4.98 Å². The van der Waals surface area contributed by atoms with Crippen LogP contribution in [0.1, 0.15) is 0 Å². The topological polar surface area (TPSA) is 22.1 Å². The standard InChI is InChI=1S/C7H6BrF2NO/c8-5-2-1-3-11-7(5)12-4-6(9)10/h1-3,6H,4H2. The van der Waals surface area contributed by atoms with Crippen LogP contribution in [0.5, 0.6) is 5.88 Å². The number of ether oxygens (including phenoxy) is 1. The highest BCUT2D eigenvalue weighted by Crippen LogP contribution is 2.20. The molecule has 1 heterocycles. The van der Waals surface area contributed by atoms with Crippen LogP contribution in [0.3, 0.4) is 0 Å². The molecule has 0 unspecified atom stereocenters. The molecule has 0 atom stereocenters. The van der Waals surface area contributed by atoms with Crippen molar-refractivity contribution in [2.75, 3.05) is 6.61 Å². The third kappa shape index (κ3) is 2.73. The van der Waals surface area contributed by atoms with Gasteiger partial charge in [-0.1, -0.05) is 0 Å². The minimum atomic E-state index is -2.47. The van der Waals surface area contributed by atoms with Crippen LogP contribution in [-0.2, 0) is 0 Å². The molecule has 0 fully saturated rings. The molecule has 0 bridgehead atoms. The molecule has 1 aromatic rings. The van der Waals surface area contributed by atoms with Crippen molar-refractivity contribution in [2.45, 2.75) is 6.43 Å². The van der Waals surface area contributed by atoms with Gasteiger partial charge in [0, 0.05) is 6.20 Å². The Kier molecular flexibility index (Phi) is 3.40. The van der Waals surface area contributed by atoms with E-state index < -0.39 is 13.0 Å². The third-order valence-corrected chi connectivity index (χ3v) is 1.67. The summed E-state index contributed by atoms with van der Waals surface area (Å²) in [7, 11) is 0. The number of aromatic nitrogens is 1. The molecule has 1 rings (SSSR count). The normalized spacial score (nSPS) is 10.3. The van der Waals surface area contributed by atoms with E-state index in [1.54, 1.807) is 12.1 Å². The summed E-state index contributed by atoms with van der Waals surface area (Å²) in [6.45, 7) is -0.629. The van der Waals surface area contributed by atoms with Crippen molar-refractivity contribution < 1.29 is 13.5 Å². The molecular formula is C7H6BrF2NO. The van der Waals surface area contributed by atoms with Crippen molar-refractivity contribution in [3.8, 4) is 5.88 Å². The molecule has 0 aliphatic heterocycles. The number of pyridine rings is 1. The summed E-state index contributed by atoms with van der Waals surface area (Å²) >= 11 is 3.11. The van der Waals surface area contributed by atoms with E-state index in [9.17, 15) is 8.78 Å². The van der Waals surface area contributed by atoms with Gasteiger partial charge in [0.1, 0.15) is 0 Å². The molecule has 0 radical (unpaired) electrons. The van der Waals surface area contributed by atoms with E-state index in [4.69, 9.17) is 4.74 Å². The Morgan fingerprint density at radius 2 is 2.33 bits per heavy atom. The summed E-state index contributed by atoms with van der Waals surface area (Å²) in [5.74, 6) is 0.192. The number of rotatable bonds is 3. The first-order valence-corrected chi connectivity index (χ1v) is 4.01. The van der Waals surface area contributed by atoms with Crippen LogP contribution in [-0.4, -0.2) is 18.0 Å². The monoisotopic (exact) mass is 237 g/mol. The van der Waals surface area contributed by atoms with Gasteiger partial charge in [-0.25, -0.2) is 13.8 Å². The summed E-state index contributed by atoms with van der Waals surface area (Å²) in [4.78, 5) is 3.75. The summed E-state index contributed by atoms with van der Waals surface area (Å²) in [5, 5.41) is 0. The molecule has 66 valence electrons. The number of hydrogen-bond acceptors (Lipinski definition) is 2. The molecule has 12 heavy (non-hydrogen) atoms. The van der Waals surface area contributed by atoms with Gasteiger partial charge in [0.05, 0.1) is 4.47 Å². The van der Waals surface area contributed by atoms with Gasteiger partial charge in [-0.15, -0.1) is 0 Å². The lowest BCUT2D eigenvalue weighted by molar-refractivity contribution is 0.0792. The van der Waals surface area contributed by atoms with E-state index in [2.05, 4.69) is 20.9 Å². The first-order valence-electron chi connectivity index (χ1n) is 3.21. The second-order valence-electron chi connectivity index (χ2n) is 1.99. The zero-order valence-electron chi connectivity index (χ0n) is 6.01. The Labute approximate surface area is 76.7 Å². The smallest absolute Gasteiger partial charge is 0.272 e. The number of nitrogens with zero attached hydrogens (tertiary/aromatic N) is 1. The Morgan fingerprint density at radius 1 is 1.58 bits per heavy atom. The van der Waals surface area contributed by atoms with Gasteiger partial charge in [-0.2, -0.15) is 0 Å². The summed E-state index contributed by atoms with van der Waals surface area (Å²) in [5.41, 5.74) is 0. The predicted molar refractivity (Wildman–Crippen MR) is 43.4 cm³/mol. The third-order valence-electron chi connectivity index (χ3n) is 1.07. The maximum atomic E-state index is 11.7. The number of hydrogen-bond donors (Lipinski definition) is 0. The lowest BCUT2D eigenvalue weighted by Gasteiger charge is -2.04. The second-order valence-corrected chi connectivity index (χ2v) is 2.85. The van der Waals surface area contributed by atoms with Gasteiger partial charge >= 0.3 is 0 Å². The average molecular weight is 238 g/mol. The van der Waals surface area contributed by atoms with Crippen LogP contribution in [0.15, 0.2) is 22.8 Å². The molecule has 0 saturated heterocycles. The first kappa shape index (κ1) is 9.38.